The minimum atomic E-state index is -0.714. The summed E-state index contributed by atoms with van der Waals surface area (Å²) < 4.78 is 0. The van der Waals surface area contributed by atoms with E-state index in [2.05, 4.69) is 0 Å². The molecule has 1 aromatic carbocycles. The van der Waals surface area contributed by atoms with Crippen LogP contribution >= 0.6 is 12.2 Å². The highest BCUT2D eigenvalue weighted by atomic mass is 32.1. The Kier molecular flexibility index (Phi) is 5.79. The van der Waals surface area contributed by atoms with Crippen LogP contribution in [0.15, 0.2) is 24.3 Å². The number of carbonyl (C=O) groups excluding carboxylic acids is 3. The molecule has 0 bridgehead atoms. The second-order valence-electron chi connectivity index (χ2n) is 4.42. The number of thiocarbonyl (C=S) groups is 1. The Balaban J connectivity index is 2.77. The molecule has 0 saturated carbocycles. The summed E-state index contributed by atoms with van der Waals surface area (Å²) in [7, 11) is 0. The van der Waals surface area contributed by atoms with Gasteiger partial charge < -0.3 is 22.1 Å². The second-order valence-corrected chi connectivity index (χ2v) is 4.86. The molecule has 0 aliphatic heterocycles. The highest BCUT2D eigenvalue weighted by Crippen LogP contribution is 2.07. The molecular weight excluding hydrogens is 292 g/mol. The lowest BCUT2D eigenvalue weighted by molar-refractivity contribution is -0.137. The Morgan fingerprint density at radius 3 is 1.81 bits per heavy atom. The van der Waals surface area contributed by atoms with Crippen molar-refractivity contribution in [3.63, 3.8) is 0 Å². The molecule has 6 N–H and O–H groups in total. The van der Waals surface area contributed by atoms with Crippen molar-refractivity contribution < 1.29 is 14.4 Å². The van der Waals surface area contributed by atoms with E-state index in [0.29, 0.717) is 11.1 Å². The number of nitrogens with two attached hydrogens (primary N) is 3. The number of hydrogen-bond acceptors (Lipinski definition) is 4. The van der Waals surface area contributed by atoms with Crippen molar-refractivity contribution >= 4 is 34.9 Å². The van der Waals surface area contributed by atoms with Crippen LogP contribution in [-0.2, 0) is 20.8 Å². The van der Waals surface area contributed by atoms with Crippen molar-refractivity contribution in [2.45, 2.75) is 6.42 Å². The van der Waals surface area contributed by atoms with Crippen molar-refractivity contribution in [1.82, 2.24) is 4.90 Å². The van der Waals surface area contributed by atoms with Gasteiger partial charge in [-0.1, -0.05) is 36.5 Å². The molecule has 0 unspecified atom stereocenters. The highest BCUT2D eigenvalue weighted by Gasteiger charge is 2.18. The van der Waals surface area contributed by atoms with Crippen molar-refractivity contribution in [1.29, 1.82) is 0 Å². The van der Waals surface area contributed by atoms with E-state index in [0.717, 1.165) is 4.90 Å². The minimum absolute atomic E-state index is 0.0121. The molecule has 0 aliphatic carbocycles. The quantitative estimate of drug-likeness (QED) is 0.536. The lowest BCUT2D eigenvalue weighted by atomic mass is 10.1. The maximum absolute atomic E-state index is 12.1. The van der Waals surface area contributed by atoms with Gasteiger partial charge >= 0.3 is 0 Å². The first-order chi connectivity index (χ1) is 9.79. The average Bonchev–Trinajstić information content (AvgIpc) is 2.37. The summed E-state index contributed by atoms with van der Waals surface area (Å²) in [6.07, 6.45) is 0.0121. The van der Waals surface area contributed by atoms with Crippen LogP contribution in [0.1, 0.15) is 11.1 Å². The summed E-state index contributed by atoms with van der Waals surface area (Å²) in [5.74, 6) is -1.85. The van der Waals surface area contributed by atoms with E-state index in [1.807, 2.05) is 0 Å². The Labute approximate surface area is 127 Å². The van der Waals surface area contributed by atoms with Crippen molar-refractivity contribution in [3.05, 3.63) is 35.4 Å². The van der Waals surface area contributed by atoms with Crippen LogP contribution in [0.3, 0.4) is 0 Å². The summed E-state index contributed by atoms with van der Waals surface area (Å²) in [6.45, 7) is -0.709. The molecule has 0 aromatic heterocycles. The van der Waals surface area contributed by atoms with Crippen LogP contribution in [-0.4, -0.2) is 40.7 Å². The molecule has 7 nitrogen and oxygen atoms in total. The van der Waals surface area contributed by atoms with Crippen LogP contribution in [0.5, 0.6) is 0 Å². The lowest BCUT2D eigenvalue weighted by Crippen LogP contribution is -2.43. The predicted molar refractivity (Wildman–Crippen MR) is 81.0 cm³/mol. The number of amides is 3. The fourth-order valence-corrected chi connectivity index (χ4v) is 1.82. The van der Waals surface area contributed by atoms with E-state index in [-0.39, 0.29) is 24.5 Å². The molecule has 0 fully saturated rings. The number of benzene rings is 1. The van der Waals surface area contributed by atoms with E-state index in [9.17, 15) is 14.4 Å². The Bertz CT molecular complexity index is 555. The van der Waals surface area contributed by atoms with Crippen LogP contribution in [0.25, 0.3) is 0 Å². The molecule has 0 atom stereocenters. The molecule has 0 radical (unpaired) electrons. The van der Waals surface area contributed by atoms with E-state index < -0.39 is 17.7 Å². The van der Waals surface area contributed by atoms with E-state index in [1.54, 1.807) is 24.3 Å². The lowest BCUT2D eigenvalue weighted by Gasteiger charge is -2.19. The van der Waals surface area contributed by atoms with Gasteiger partial charge in [-0.05, 0) is 5.56 Å². The topological polar surface area (TPSA) is 133 Å². The Morgan fingerprint density at radius 2 is 1.43 bits per heavy atom. The smallest absolute Gasteiger partial charge is 0.237 e. The summed E-state index contributed by atoms with van der Waals surface area (Å²) in [5.41, 5.74) is 16.9. The summed E-state index contributed by atoms with van der Waals surface area (Å²) in [5, 5.41) is 0. The van der Waals surface area contributed by atoms with Gasteiger partial charge in [0.05, 0.1) is 19.5 Å². The molecule has 8 heteroatoms. The van der Waals surface area contributed by atoms with Crippen molar-refractivity contribution in [2.75, 3.05) is 13.1 Å². The SMILES string of the molecule is NC(=O)CN(CC(N)=O)C(=O)Cc1ccc(C(N)=S)cc1. The molecular formula is C13H16N4O3S. The fourth-order valence-electron chi connectivity index (χ4n) is 1.68. The number of carbonyl (C=O) groups is 3. The van der Waals surface area contributed by atoms with E-state index >= 15 is 0 Å². The Hall–Kier alpha value is -2.48. The molecule has 0 spiro atoms. The van der Waals surface area contributed by atoms with Gasteiger partial charge in [0.2, 0.25) is 17.7 Å². The molecule has 112 valence electrons. The normalized spacial score (nSPS) is 9.90. The van der Waals surface area contributed by atoms with Gasteiger partial charge in [-0.25, -0.2) is 0 Å². The molecule has 0 saturated heterocycles. The Morgan fingerprint density at radius 1 is 0.952 bits per heavy atom. The first-order valence-electron chi connectivity index (χ1n) is 6.02. The largest absolute Gasteiger partial charge is 0.389 e. The van der Waals surface area contributed by atoms with Gasteiger partial charge in [0.15, 0.2) is 0 Å². The van der Waals surface area contributed by atoms with Gasteiger partial charge in [-0.15, -0.1) is 0 Å². The summed E-state index contributed by atoms with van der Waals surface area (Å²) >= 11 is 4.83. The monoisotopic (exact) mass is 308 g/mol. The zero-order valence-corrected chi connectivity index (χ0v) is 12.1. The second kappa shape index (κ2) is 7.34. The molecule has 0 aliphatic rings. The number of hydrogen-bond donors (Lipinski definition) is 3. The third-order valence-electron chi connectivity index (χ3n) is 2.64. The van der Waals surface area contributed by atoms with Gasteiger partial charge in [0.25, 0.3) is 0 Å². The zero-order valence-electron chi connectivity index (χ0n) is 11.2. The van der Waals surface area contributed by atoms with Gasteiger partial charge in [0.1, 0.15) is 4.99 Å². The first-order valence-corrected chi connectivity index (χ1v) is 6.43. The average molecular weight is 308 g/mol. The molecule has 21 heavy (non-hydrogen) atoms. The summed E-state index contributed by atoms with van der Waals surface area (Å²) in [4.78, 5) is 35.2. The van der Waals surface area contributed by atoms with Crippen LogP contribution in [0, 0.1) is 0 Å². The number of nitrogens with zero attached hydrogens (tertiary/aromatic N) is 1. The standard InChI is InChI=1S/C13H16N4O3S/c14-10(18)6-17(7-11(15)19)12(20)5-8-1-3-9(4-2-8)13(16)21/h1-4H,5-7H2,(H2,14,18)(H2,15,19)(H2,16,21). The molecule has 3 amide bonds. The summed E-state index contributed by atoms with van der Waals surface area (Å²) in [6, 6.07) is 6.77. The maximum atomic E-state index is 12.1. The first kappa shape index (κ1) is 16.6. The van der Waals surface area contributed by atoms with Crippen molar-refractivity contribution in [2.24, 2.45) is 17.2 Å². The third-order valence-corrected chi connectivity index (χ3v) is 2.88. The van der Waals surface area contributed by atoms with E-state index in [1.165, 1.54) is 0 Å². The zero-order chi connectivity index (χ0) is 16.0. The van der Waals surface area contributed by atoms with Crippen LogP contribution in [0.4, 0.5) is 0 Å². The van der Waals surface area contributed by atoms with Gasteiger partial charge in [-0.2, -0.15) is 0 Å². The third kappa shape index (κ3) is 5.57. The molecule has 1 rings (SSSR count). The maximum Gasteiger partial charge on any atom is 0.237 e. The van der Waals surface area contributed by atoms with Gasteiger partial charge in [0, 0.05) is 5.56 Å². The van der Waals surface area contributed by atoms with E-state index in [4.69, 9.17) is 29.4 Å². The van der Waals surface area contributed by atoms with Crippen LogP contribution < -0.4 is 17.2 Å². The molecule has 0 heterocycles. The van der Waals surface area contributed by atoms with Crippen molar-refractivity contribution in [3.8, 4) is 0 Å². The minimum Gasteiger partial charge on any atom is -0.389 e. The number of primary amides is 2. The van der Waals surface area contributed by atoms with Gasteiger partial charge in [-0.3, -0.25) is 14.4 Å². The molecule has 1 aromatic rings. The fraction of sp³-hybridized carbons (Fsp3) is 0.231. The predicted octanol–water partition coefficient (Wildman–Crippen LogP) is -1.34. The highest BCUT2D eigenvalue weighted by molar-refractivity contribution is 7.80. The number of rotatable bonds is 7. The van der Waals surface area contributed by atoms with Crippen LogP contribution in [0.2, 0.25) is 0 Å².